The lowest BCUT2D eigenvalue weighted by Gasteiger charge is -2.09. The minimum absolute atomic E-state index is 0.0761. The molecule has 0 aliphatic heterocycles. The van der Waals surface area contributed by atoms with E-state index in [0.29, 0.717) is 0 Å². The van der Waals surface area contributed by atoms with Crippen molar-refractivity contribution in [3.05, 3.63) is 45.6 Å². The van der Waals surface area contributed by atoms with Crippen molar-refractivity contribution < 1.29 is 23.8 Å². The molecular weight excluding hydrogens is 300 g/mol. The molecule has 1 N–H and O–H groups in total. The van der Waals surface area contributed by atoms with Gasteiger partial charge >= 0.3 is 5.97 Å². The van der Waals surface area contributed by atoms with Gasteiger partial charge in [-0.3, -0.25) is 4.79 Å². The van der Waals surface area contributed by atoms with Crippen molar-refractivity contribution in [1.82, 2.24) is 0 Å². The Morgan fingerprint density at radius 3 is 2.43 bits per heavy atom. The lowest BCUT2D eigenvalue weighted by atomic mass is 10.1. The van der Waals surface area contributed by atoms with Crippen LogP contribution in [0, 0.1) is 6.92 Å². The first kappa shape index (κ1) is 14.9. The van der Waals surface area contributed by atoms with Crippen LogP contribution < -0.4 is 10.2 Å². The number of benzene rings is 2. The average molecular weight is 314 g/mol. The van der Waals surface area contributed by atoms with Gasteiger partial charge in [0.25, 0.3) is 0 Å². The minimum atomic E-state index is -0.569. The number of ether oxygens (including phenoxy) is 2. The van der Waals surface area contributed by atoms with Gasteiger partial charge in [0.2, 0.25) is 5.43 Å². The van der Waals surface area contributed by atoms with Crippen LogP contribution in [0.15, 0.2) is 33.5 Å². The van der Waals surface area contributed by atoms with Crippen molar-refractivity contribution in [3.8, 4) is 11.5 Å². The molecule has 0 unspecified atom stereocenters. The number of carbonyl (C=O) groups excluding carboxylic acids is 1. The number of hydrogen-bond acceptors (Lipinski definition) is 6. The fraction of sp³-hybridized carbons (Fsp3) is 0.176. The summed E-state index contributed by atoms with van der Waals surface area (Å²) in [7, 11) is 2.64. The monoisotopic (exact) mass is 314 g/mol. The standard InChI is InChI=1S/C17H14O6/c1-8-4-10(18)14-12(5-8)23-13-7-9(17(20)22-3)6-11(21-2)15(13)16(14)19/h4-7,18H,1-3H3. The van der Waals surface area contributed by atoms with Crippen LogP contribution in [-0.2, 0) is 4.74 Å². The van der Waals surface area contributed by atoms with Gasteiger partial charge in [-0.05, 0) is 36.8 Å². The highest BCUT2D eigenvalue weighted by atomic mass is 16.5. The quantitative estimate of drug-likeness (QED) is 0.578. The minimum Gasteiger partial charge on any atom is -0.507 e. The molecule has 0 saturated carbocycles. The predicted molar refractivity (Wildman–Crippen MR) is 84.3 cm³/mol. The second-order valence-electron chi connectivity index (χ2n) is 5.13. The normalized spacial score (nSPS) is 10.9. The maximum atomic E-state index is 12.7. The highest BCUT2D eigenvalue weighted by Gasteiger charge is 2.19. The Morgan fingerprint density at radius 2 is 1.78 bits per heavy atom. The summed E-state index contributed by atoms with van der Waals surface area (Å²) >= 11 is 0. The van der Waals surface area contributed by atoms with Gasteiger partial charge in [-0.25, -0.2) is 4.79 Å². The summed E-state index contributed by atoms with van der Waals surface area (Å²) in [5.74, 6) is -0.548. The summed E-state index contributed by atoms with van der Waals surface area (Å²) < 4.78 is 15.6. The van der Waals surface area contributed by atoms with Gasteiger partial charge < -0.3 is 19.0 Å². The Balaban J connectivity index is 2.50. The van der Waals surface area contributed by atoms with E-state index in [2.05, 4.69) is 4.74 Å². The molecule has 0 bridgehead atoms. The molecule has 0 aliphatic carbocycles. The van der Waals surface area contributed by atoms with Gasteiger partial charge in [0.05, 0.1) is 19.8 Å². The van der Waals surface area contributed by atoms with E-state index >= 15 is 0 Å². The Hall–Kier alpha value is -3.02. The van der Waals surface area contributed by atoms with Gasteiger partial charge in [-0.2, -0.15) is 0 Å². The van der Waals surface area contributed by atoms with Crippen LogP contribution in [0.5, 0.6) is 11.5 Å². The van der Waals surface area contributed by atoms with E-state index in [1.807, 2.05) is 0 Å². The smallest absolute Gasteiger partial charge is 0.338 e. The fourth-order valence-corrected chi connectivity index (χ4v) is 2.58. The Labute approximate surface area is 130 Å². The second kappa shape index (κ2) is 5.31. The third-order valence-electron chi connectivity index (χ3n) is 3.61. The van der Waals surface area contributed by atoms with Gasteiger partial charge in [0.1, 0.15) is 33.4 Å². The zero-order chi connectivity index (χ0) is 16.7. The molecule has 6 nitrogen and oxygen atoms in total. The van der Waals surface area contributed by atoms with Crippen LogP contribution in [0.2, 0.25) is 0 Å². The zero-order valence-electron chi connectivity index (χ0n) is 12.8. The highest BCUT2D eigenvalue weighted by Crippen LogP contribution is 2.31. The Morgan fingerprint density at radius 1 is 1.09 bits per heavy atom. The summed E-state index contributed by atoms with van der Waals surface area (Å²) in [6.45, 7) is 1.77. The van der Waals surface area contributed by atoms with Gasteiger partial charge in [-0.15, -0.1) is 0 Å². The summed E-state index contributed by atoms with van der Waals surface area (Å²) in [4.78, 5) is 24.5. The molecule has 3 aromatic rings. The maximum absolute atomic E-state index is 12.7. The molecule has 6 heteroatoms. The van der Waals surface area contributed by atoms with Crippen LogP contribution in [0.3, 0.4) is 0 Å². The molecule has 1 aromatic heterocycles. The largest absolute Gasteiger partial charge is 0.507 e. The maximum Gasteiger partial charge on any atom is 0.338 e. The number of hydrogen-bond donors (Lipinski definition) is 1. The van der Waals surface area contributed by atoms with E-state index in [4.69, 9.17) is 9.15 Å². The first-order valence-electron chi connectivity index (χ1n) is 6.82. The Bertz CT molecular complexity index is 1000. The number of carbonyl (C=O) groups is 1. The predicted octanol–water partition coefficient (Wildman–Crippen LogP) is 2.76. The number of esters is 1. The third-order valence-corrected chi connectivity index (χ3v) is 3.61. The van der Waals surface area contributed by atoms with Crippen molar-refractivity contribution in [2.24, 2.45) is 0 Å². The average Bonchev–Trinajstić information content (AvgIpc) is 2.52. The van der Waals surface area contributed by atoms with Crippen molar-refractivity contribution in [1.29, 1.82) is 0 Å². The van der Waals surface area contributed by atoms with Crippen LogP contribution >= 0.6 is 0 Å². The van der Waals surface area contributed by atoms with Crippen molar-refractivity contribution in [2.45, 2.75) is 6.92 Å². The molecule has 0 amide bonds. The first-order valence-corrected chi connectivity index (χ1v) is 6.82. The third kappa shape index (κ3) is 2.28. The molecule has 0 saturated heterocycles. The lowest BCUT2D eigenvalue weighted by molar-refractivity contribution is 0.0600. The van der Waals surface area contributed by atoms with Gasteiger partial charge in [0.15, 0.2) is 0 Å². The van der Waals surface area contributed by atoms with E-state index in [-0.39, 0.29) is 39.0 Å². The number of rotatable bonds is 2. The molecular formula is C17H14O6. The molecule has 1 heterocycles. The van der Waals surface area contributed by atoms with E-state index in [1.165, 1.54) is 32.4 Å². The number of methoxy groups -OCH3 is 2. The molecule has 3 rings (SSSR count). The van der Waals surface area contributed by atoms with Crippen molar-refractivity contribution in [3.63, 3.8) is 0 Å². The van der Waals surface area contributed by atoms with Crippen LogP contribution in [0.4, 0.5) is 0 Å². The van der Waals surface area contributed by atoms with Crippen LogP contribution in [0.25, 0.3) is 21.9 Å². The van der Waals surface area contributed by atoms with Gasteiger partial charge in [-0.1, -0.05) is 0 Å². The topological polar surface area (TPSA) is 86.0 Å². The first-order chi connectivity index (χ1) is 11.0. The number of phenolic OH excluding ortho intramolecular Hbond substituents is 1. The molecule has 23 heavy (non-hydrogen) atoms. The number of fused-ring (bicyclic) bond motifs is 2. The summed E-state index contributed by atoms with van der Waals surface area (Å²) in [6, 6.07) is 5.96. The molecule has 0 spiro atoms. The molecule has 2 aromatic carbocycles. The molecule has 0 atom stereocenters. The highest BCUT2D eigenvalue weighted by molar-refractivity contribution is 6.00. The van der Waals surface area contributed by atoms with E-state index in [9.17, 15) is 14.7 Å². The zero-order valence-corrected chi connectivity index (χ0v) is 12.8. The molecule has 118 valence electrons. The van der Waals surface area contributed by atoms with Gasteiger partial charge in [0, 0.05) is 0 Å². The SMILES string of the molecule is COC(=O)c1cc(OC)c2c(=O)c3c(O)cc(C)cc3oc2c1. The summed E-state index contributed by atoms with van der Waals surface area (Å²) in [6.07, 6.45) is 0. The van der Waals surface area contributed by atoms with Crippen molar-refractivity contribution in [2.75, 3.05) is 14.2 Å². The summed E-state index contributed by atoms with van der Waals surface area (Å²) in [5.41, 5.74) is 0.952. The lowest BCUT2D eigenvalue weighted by Crippen LogP contribution is -2.07. The molecule has 0 fully saturated rings. The van der Waals surface area contributed by atoms with E-state index < -0.39 is 11.4 Å². The van der Waals surface area contributed by atoms with Crippen molar-refractivity contribution >= 4 is 27.9 Å². The summed E-state index contributed by atoms with van der Waals surface area (Å²) in [5, 5.41) is 10.3. The van der Waals surface area contributed by atoms with Crippen LogP contribution in [0.1, 0.15) is 15.9 Å². The molecule has 0 radical (unpaired) electrons. The number of phenols is 1. The van der Waals surface area contributed by atoms with Crippen LogP contribution in [-0.4, -0.2) is 25.3 Å². The van der Waals surface area contributed by atoms with E-state index in [0.717, 1.165) is 5.56 Å². The fourth-order valence-electron chi connectivity index (χ4n) is 2.58. The molecule has 0 aliphatic rings. The number of aryl methyl sites for hydroxylation is 1. The number of aromatic hydroxyl groups is 1. The van der Waals surface area contributed by atoms with E-state index in [1.54, 1.807) is 13.0 Å². The Kier molecular flexibility index (Phi) is 3.44. The second-order valence-corrected chi connectivity index (χ2v) is 5.13.